The summed E-state index contributed by atoms with van der Waals surface area (Å²) in [5, 5.41) is 12.2. The quantitative estimate of drug-likeness (QED) is 0.660. The lowest BCUT2D eigenvalue weighted by Crippen LogP contribution is -2.03. The molecule has 0 aliphatic rings. The number of H-pyrrole nitrogens is 1. The lowest BCUT2D eigenvalue weighted by molar-refractivity contribution is 0.0699. The van der Waals surface area contributed by atoms with Crippen molar-refractivity contribution in [2.45, 2.75) is 11.8 Å². The van der Waals surface area contributed by atoms with E-state index in [0.29, 0.717) is 22.8 Å². The monoisotopic (exact) mass is 346 g/mol. The molecule has 24 heavy (non-hydrogen) atoms. The molecule has 0 amide bonds. The number of carboxylic acids is 1. The molecule has 0 aliphatic heterocycles. The SMILES string of the molecule is Cc1nc2[nH]cc(C(=O)O)c2nc1Nc1cccc(S(C)(=O)=O)c1. The number of aromatic carboxylic acids is 1. The summed E-state index contributed by atoms with van der Waals surface area (Å²) in [7, 11) is -3.33. The maximum Gasteiger partial charge on any atom is 0.339 e. The zero-order valence-corrected chi connectivity index (χ0v) is 13.7. The number of rotatable bonds is 4. The van der Waals surface area contributed by atoms with Crippen LogP contribution in [0, 0.1) is 6.92 Å². The van der Waals surface area contributed by atoms with Crippen LogP contribution in [0.5, 0.6) is 0 Å². The molecular formula is C15H14N4O4S. The smallest absolute Gasteiger partial charge is 0.339 e. The second-order valence-corrected chi connectivity index (χ2v) is 7.30. The average Bonchev–Trinajstić information content (AvgIpc) is 2.90. The van der Waals surface area contributed by atoms with E-state index in [-0.39, 0.29) is 16.0 Å². The van der Waals surface area contributed by atoms with E-state index in [2.05, 4.69) is 20.3 Å². The largest absolute Gasteiger partial charge is 0.478 e. The Bertz CT molecular complexity index is 1060. The second-order valence-electron chi connectivity index (χ2n) is 5.29. The molecule has 0 bridgehead atoms. The molecular weight excluding hydrogens is 332 g/mol. The van der Waals surface area contributed by atoms with E-state index in [0.717, 1.165) is 6.26 Å². The predicted molar refractivity (Wildman–Crippen MR) is 88.4 cm³/mol. The highest BCUT2D eigenvalue weighted by atomic mass is 32.2. The van der Waals surface area contributed by atoms with Gasteiger partial charge in [0.25, 0.3) is 0 Å². The van der Waals surface area contributed by atoms with Gasteiger partial charge in [0.2, 0.25) is 0 Å². The number of aromatic amines is 1. The molecule has 1 aromatic carbocycles. The van der Waals surface area contributed by atoms with E-state index in [4.69, 9.17) is 0 Å². The average molecular weight is 346 g/mol. The first-order valence-electron chi connectivity index (χ1n) is 6.92. The molecule has 2 aromatic heterocycles. The van der Waals surface area contributed by atoms with Gasteiger partial charge in [-0.1, -0.05) is 6.07 Å². The van der Waals surface area contributed by atoms with E-state index in [1.807, 2.05) is 0 Å². The van der Waals surface area contributed by atoms with Gasteiger partial charge in [0.15, 0.2) is 21.3 Å². The summed E-state index contributed by atoms with van der Waals surface area (Å²) < 4.78 is 23.3. The summed E-state index contributed by atoms with van der Waals surface area (Å²) in [6.45, 7) is 1.72. The first-order valence-corrected chi connectivity index (χ1v) is 8.81. The summed E-state index contributed by atoms with van der Waals surface area (Å²) in [5.41, 5.74) is 1.69. The minimum Gasteiger partial charge on any atom is -0.478 e. The van der Waals surface area contributed by atoms with Crippen molar-refractivity contribution in [1.29, 1.82) is 0 Å². The Hall–Kier alpha value is -2.94. The first-order chi connectivity index (χ1) is 11.3. The Morgan fingerprint density at radius 1 is 1.29 bits per heavy atom. The standard InChI is InChI=1S/C15H14N4O4S/c1-8-13(18-9-4-3-5-10(6-9)24(2,22)23)19-12-11(15(20)21)7-16-14(12)17-8/h3-7H,1-2H3,(H,16,17)(H,18,19)(H,20,21). The van der Waals surface area contributed by atoms with Gasteiger partial charge >= 0.3 is 5.97 Å². The predicted octanol–water partition coefficient (Wildman–Crippen LogP) is 2.11. The number of aryl methyl sites for hydroxylation is 1. The van der Waals surface area contributed by atoms with Crippen LogP contribution in [0.2, 0.25) is 0 Å². The lowest BCUT2D eigenvalue weighted by atomic mass is 10.3. The third-order valence-electron chi connectivity index (χ3n) is 3.43. The molecule has 3 rings (SSSR count). The zero-order valence-electron chi connectivity index (χ0n) is 12.9. The van der Waals surface area contributed by atoms with Gasteiger partial charge in [-0.15, -0.1) is 0 Å². The molecule has 3 aromatic rings. The molecule has 0 saturated carbocycles. The topological polar surface area (TPSA) is 125 Å². The third kappa shape index (κ3) is 2.93. The van der Waals surface area contributed by atoms with Gasteiger partial charge in [0.05, 0.1) is 10.6 Å². The summed E-state index contributed by atoms with van der Waals surface area (Å²) >= 11 is 0. The minimum atomic E-state index is -3.33. The molecule has 0 fully saturated rings. The molecule has 9 heteroatoms. The third-order valence-corrected chi connectivity index (χ3v) is 4.54. The maximum absolute atomic E-state index is 11.6. The van der Waals surface area contributed by atoms with Crippen molar-refractivity contribution in [1.82, 2.24) is 15.0 Å². The van der Waals surface area contributed by atoms with Crippen LogP contribution in [-0.2, 0) is 9.84 Å². The van der Waals surface area contributed by atoms with Crippen molar-refractivity contribution in [3.63, 3.8) is 0 Å². The zero-order chi connectivity index (χ0) is 17.5. The van der Waals surface area contributed by atoms with Gasteiger partial charge in [-0.2, -0.15) is 0 Å². The summed E-state index contributed by atoms with van der Waals surface area (Å²) in [4.78, 5) is 22.7. The minimum absolute atomic E-state index is 0.0189. The Morgan fingerprint density at radius 2 is 2.04 bits per heavy atom. The number of fused-ring (bicyclic) bond motifs is 1. The fourth-order valence-corrected chi connectivity index (χ4v) is 2.91. The number of carbonyl (C=O) groups is 1. The molecule has 0 unspecified atom stereocenters. The van der Waals surface area contributed by atoms with Crippen molar-refractivity contribution in [2.24, 2.45) is 0 Å². The van der Waals surface area contributed by atoms with Gasteiger partial charge in [-0.25, -0.2) is 23.2 Å². The van der Waals surface area contributed by atoms with Gasteiger partial charge < -0.3 is 15.4 Å². The number of sulfone groups is 1. The van der Waals surface area contributed by atoms with E-state index >= 15 is 0 Å². The maximum atomic E-state index is 11.6. The Balaban J connectivity index is 2.05. The van der Waals surface area contributed by atoms with Crippen LogP contribution >= 0.6 is 0 Å². The molecule has 3 N–H and O–H groups in total. The van der Waals surface area contributed by atoms with Crippen LogP contribution in [0.4, 0.5) is 11.5 Å². The molecule has 124 valence electrons. The van der Waals surface area contributed by atoms with Crippen LogP contribution in [0.3, 0.4) is 0 Å². The molecule has 0 atom stereocenters. The van der Waals surface area contributed by atoms with Gasteiger partial charge in [-0.3, -0.25) is 0 Å². The number of nitrogens with zero attached hydrogens (tertiary/aromatic N) is 2. The Labute approximate surface area is 137 Å². The van der Waals surface area contributed by atoms with Crippen LogP contribution in [0.1, 0.15) is 16.1 Å². The summed E-state index contributed by atoms with van der Waals surface area (Å²) in [6.07, 6.45) is 2.46. The van der Waals surface area contributed by atoms with E-state index in [9.17, 15) is 18.3 Å². The van der Waals surface area contributed by atoms with Crippen LogP contribution in [0.25, 0.3) is 11.2 Å². The molecule has 0 spiro atoms. The summed E-state index contributed by atoms with van der Waals surface area (Å²) in [6, 6.07) is 6.28. The van der Waals surface area contributed by atoms with E-state index in [1.165, 1.54) is 18.3 Å². The van der Waals surface area contributed by atoms with Crippen molar-refractivity contribution in [3.8, 4) is 0 Å². The normalized spacial score (nSPS) is 11.6. The summed E-state index contributed by atoms with van der Waals surface area (Å²) in [5.74, 6) is -0.750. The number of carboxylic acid groups (broad SMARTS) is 1. The number of hydrogen-bond acceptors (Lipinski definition) is 6. The highest BCUT2D eigenvalue weighted by Crippen LogP contribution is 2.23. The molecule has 2 heterocycles. The fraction of sp³-hybridized carbons (Fsp3) is 0.133. The first kappa shape index (κ1) is 15.9. The van der Waals surface area contributed by atoms with Crippen molar-refractivity contribution >= 4 is 38.5 Å². The number of benzene rings is 1. The van der Waals surface area contributed by atoms with Gasteiger partial charge in [0.1, 0.15) is 11.1 Å². The van der Waals surface area contributed by atoms with Gasteiger partial charge in [0, 0.05) is 18.1 Å². The number of nitrogens with one attached hydrogen (secondary N) is 2. The molecule has 8 nitrogen and oxygen atoms in total. The highest BCUT2D eigenvalue weighted by Gasteiger charge is 2.16. The van der Waals surface area contributed by atoms with Crippen molar-refractivity contribution in [2.75, 3.05) is 11.6 Å². The molecule has 0 aliphatic carbocycles. The van der Waals surface area contributed by atoms with Crippen molar-refractivity contribution in [3.05, 3.63) is 41.7 Å². The van der Waals surface area contributed by atoms with E-state index in [1.54, 1.807) is 19.1 Å². The molecule has 0 saturated heterocycles. The lowest BCUT2D eigenvalue weighted by Gasteiger charge is -2.09. The second kappa shape index (κ2) is 5.60. The van der Waals surface area contributed by atoms with Crippen LogP contribution in [-0.4, -0.2) is 40.7 Å². The van der Waals surface area contributed by atoms with Crippen LogP contribution in [0.15, 0.2) is 35.4 Å². The number of hydrogen-bond donors (Lipinski definition) is 3. The Kier molecular flexibility index (Phi) is 3.72. The van der Waals surface area contributed by atoms with E-state index < -0.39 is 15.8 Å². The fourth-order valence-electron chi connectivity index (χ4n) is 2.24. The molecule has 0 radical (unpaired) electrons. The van der Waals surface area contributed by atoms with Crippen molar-refractivity contribution < 1.29 is 18.3 Å². The number of aromatic nitrogens is 3. The Morgan fingerprint density at radius 3 is 2.71 bits per heavy atom. The van der Waals surface area contributed by atoms with Crippen LogP contribution < -0.4 is 5.32 Å². The highest BCUT2D eigenvalue weighted by molar-refractivity contribution is 7.90. The van der Waals surface area contributed by atoms with Gasteiger partial charge in [-0.05, 0) is 25.1 Å². The number of anilines is 2.